The first-order valence-electron chi connectivity index (χ1n) is 5.86. The van der Waals surface area contributed by atoms with Crippen LogP contribution in [0.25, 0.3) is 0 Å². The highest BCUT2D eigenvalue weighted by atomic mass is 16.3. The molecule has 1 aliphatic carbocycles. The Morgan fingerprint density at radius 2 is 2.07 bits per heavy atom. The highest BCUT2D eigenvalue weighted by Gasteiger charge is 2.19. The molecule has 2 heteroatoms. The van der Waals surface area contributed by atoms with Crippen LogP contribution >= 0.6 is 0 Å². The number of hydrogen-bond donors (Lipinski definition) is 1. The maximum Gasteiger partial charge on any atom is 0.0546 e. The Hall–Kier alpha value is -0.890. The zero-order valence-electron chi connectivity index (χ0n) is 9.32. The van der Waals surface area contributed by atoms with Crippen LogP contribution in [0, 0.1) is 6.92 Å². The molecular weight excluding hydrogens is 186 g/mol. The zero-order valence-corrected chi connectivity index (χ0v) is 9.32. The first-order valence-corrected chi connectivity index (χ1v) is 5.86. The van der Waals surface area contributed by atoms with Crippen LogP contribution in [0.3, 0.4) is 0 Å². The molecule has 2 atom stereocenters. The number of aryl methyl sites for hydroxylation is 1. The van der Waals surface area contributed by atoms with E-state index < -0.39 is 0 Å². The number of nitrogens with zero attached hydrogens (tertiary/aromatic N) is 1. The number of aromatic nitrogens is 1. The van der Waals surface area contributed by atoms with Crippen molar-refractivity contribution in [1.82, 2.24) is 4.98 Å². The Balaban J connectivity index is 2.11. The van der Waals surface area contributed by atoms with E-state index in [1.807, 2.05) is 13.1 Å². The van der Waals surface area contributed by atoms with Crippen molar-refractivity contribution in [2.45, 2.75) is 51.0 Å². The highest BCUT2D eigenvalue weighted by molar-refractivity contribution is 5.18. The Morgan fingerprint density at radius 3 is 2.80 bits per heavy atom. The second-order valence-corrected chi connectivity index (χ2v) is 4.60. The molecule has 2 unspecified atom stereocenters. The topological polar surface area (TPSA) is 33.1 Å². The van der Waals surface area contributed by atoms with Crippen LogP contribution < -0.4 is 0 Å². The lowest BCUT2D eigenvalue weighted by molar-refractivity contribution is 0.152. The molecule has 1 aromatic rings. The Morgan fingerprint density at radius 1 is 1.27 bits per heavy atom. The van der Waals surface area contributed by atoms with Crippen LogP contribution in [0.4, 0.5) is 0 Å². The third-order valence-electron chi connectivity index (χ3n) is 3.30. The minimum absolute atomic E-state index is 0.112. The largest absolute Gasteiger partial charge is 0.393 e. The molecule has 82 valence electrons. The van der Waals surface area contributed by atoms with Crippen LogP contribution in [-0.2, 0) is 0 Å². The van der Waals surface area contributed by atoms with Crippen molar-refractivity contribution in [3.8, 4) is 0 Å². The molecule has 0 radical (unpaired) electrons. The van der Waals surface area contributed by atoms with Crippen LogP contribution in [0.1, 0.15) is 49.3 Å². The molecule has 1 heterocycles. The van der Waals surface area contributed by atoms with Crippen LogP contribution in [0.5, 0.6) is 0 Å². The minimum atomic E-state index is -0.112. The molecule has 15 heavy (non-hydrogen) atoms. The molecule has 2 nitrogen and oxygen atoms in total. The van der Waals surface area contributed by atoms with Crippen molar-refractivity contribution in [2.75, 3.05) is 0 Å². The Bertz CT molecular complexity index is 307. The lowest BCUT2D eigenvalue weighted by atomic mass is 9.92. The summed E-state index contributed by atoms with van der Waals surface area (Å²) in [6.07, 6.45) is 7.33. The molecule has 1 fully saturated rings. The molecule has 1 saturated carbocycles. The summed E-state index contributed by atoms with van der Waals surface area (Å²) in [5, 5.41) is 9.76. The smallest absolute Gasteiger partial charge is 0.0546 e. The van der Waals surface area contributed by atoms with Gasteiger partial charge in [0.2, 0.25) is 0 Å². The van der Waals surface area contributed by atoms with Crippen molar-refractivity contribution in [3.05, 3.63) is 29.6 Å². The van der Waals surface area contributed by atoms with Gasteiger partial charge in [-0.2, -0.15) is 0 Å². The van der Waals surface area contributed by atoms with Gasteiger partial charge in [-0.3, -0.25) is 4.98 Å². The number of pyridine rings is 1. The molecule has 0 spiro atoms. The van der Waals surface area contributed by atoms with Crippen LogP contribution in [0.15, 0.2) is 18.3 Å². The maximum absolute atomic E-state index is 9.76. The standard InChI is InChI=1S/C13H19NO/c1-10-6-7-12(9-14-10)11-4-2-3-5-13(15)8-11/h6-7,9,11,13,15H,2-5,8H2,1H3. The Labute approximate surface area is 91.4 Å². The number of hydrogen-bond acceptors (Lipinski definition) is 2. The summed E-state index contributed by atoms with van der Waals surface area (Å²) < 4.78 is 0. The van der Waals surface area contributed by atoms with Gasteiger partial charge in [0.15, 0.2) is 0 Å². The van der Waals surface area contributed by atoms with Crippen molar-refractivity contribution in [2.24, 2.45) is 0 Å². The van der Waals surface area contributed by atoms with Gasteiger partial charge in [0, 0.05) is 11.9 Å². The number of aliphatic hydroxyl groups is 1. The van der Waals surface area contributed by atoms with E-state index in [1.165, 1.54) is 18.4 Å². The van der Waals surface area contributed by atoms with Crippen molar-refractivity contribution in [3.63, 3.8) is 0 Å². The maximum atomic E-state index is 9.76. The van der Waals surface area contributed by atoms with Gasteiger partial charge in [0.05, 0.1) is 6.10 Å². The van der Waals surface area contributed by atoms with Gasteiger partial charge < -0.3 is 5.11 Å². The van der Waals surface area contributed by atoms with E-state index in [4.69, 9.17) is 0 Å². The van der Waals surface area contributed by atoms with Crippen LogP contribution in [-0.4, -0.2) is 16.2 Å². The molecule has 2 rings (SSSR count). The second-order valence-electron chi connectivity index (χ2n) is 4.60. The van der Waals surface area contributed by atoms with Crippen molar-refractivity contribution in [1.29, 1.82) is 0 Å². The summed E-state index contributed by atoms with van der Waals surface area (Å²) in [6, 6.07) is 4.22. The van der Waals surface area contributed by atoms with E-state index in [1.54, 1.807) is 0 Å². The molecule has 1 aliphatic rings. The van der Waals surface area contributed by atoms with E-state index in [0.717, 1.165) is 25.0 Å². The van der Waals surface area contributed by atoms with Gasteiger partial charge in [-0.15, -0.1) is 0 Å². The fraction of sp³-hybridized carbons (Fsp3) is 0.615. The number of aliphatic hydroxyl groups excluding tert-OH is 1. The van der Waals surface area contributed by atoms with Gasteiger partial charge in [0.1, 0.15) is 0 Å². The predicted octanol–water partition coefficient (Wildman–Crippen LogP) is 2.80. The highest BCUT2D eigenvalue weighted by Crippen LogP contribution is 2.31. The SMILES string of the molecule is Cc1ccc(C2CCCCC(O)C2)cn1. The summed E-state index contributed by atoms with van der Waals surface area (Å²) in [5.41, 5.74) is 2.36. The molecule has 0 aliphatic heterocycles. The molecule has 0 bridgehead atoms. The van der Waals surface area contributed by atoms with E-state index in [9.17, 15) is 5.11 Å². The van der Waals surface area contributed by atoms with Gasteiger partial charge in [-0.05, 0) is 43.7 Å². The lowest BCUT2D eigenvalue weighted by Crippen LogP contribution is -2.09. The van der Waals surface area contributed by atoms with Gasteiger partial charge in [-0.25, -0.2) is 0 Å². The lowest BCUT2D eigenvalue weighted by Gasteiger charge is -2.16. The Kier molecular flexibility index (Phi) is 3.37. The molecular formula is C13H19NO. The van der Waals surface area contributed by atoms with E-state index in [2.05, 4.69) is 17.1 Å². The molecule has 0 aromatic carbocycles. The average Bonchev–Trinajstić information content (AvgIpc) is 2.44. The first kappa shape index (κ1) is 10.6. The van der Waals surface area contributed by atoms with Gasteiger partial charge >= 0.3 is 0 Å². The van der Waals surface area contributed by atoms with Crippen molar-refractivity contribution >= 4 is 0 Å². The second kappa shape index (κ2) is 4.75. The summed E-state index contributed by atoms with van der Waals surface area (Å²) in [5.74, 6) is 0.510. The molecule has 0 saturated heterocycles. The number of rotatable bonds is 1. The third-order valence-corrected chi connectivity index (χ3v) is 3.30. The normalized spacial score (nSPS) is 27.3. The molecule has 1 aromatic heterocycles. The fourth-order valence-corrected chi connectivity index (χ4v) is 2.36. The zero-order chi connectivity index (χ0) is 10.7. The first-order chi connectivity index (χ1) is 7.25. The summed E-state index contributed by atoms with van der Waals surface area (Å²) in [7, 11) is 0. The van der Waals surface area contributed by atoms with Gasteiger partial charge in [0.25, 0.3) is 0 Å². The van der Waals surface area contributed by atoms with Crippen molar-refractivity contribution < 1.29 is 5.11 Å². The average molecular weight is 205 g/mol. The predicted molar refractivity (Wildman–Crippen MR) is 60.8 cm³/mol. The summed E-state index contributed by atoms with van der Waals surface area (Å²) in [6.45, 7) is 2.01. The van der Waals surface area contributed by atoms with Gasteiger partial charge in [-0.1, -0.05) is 18.9 Å². The molecule has 1 N–H and O–H groups in total. The molecule has 0 amide bonds. The monoisotopic (exact) mass is 205 g/mol. The summed E-state index contributed by atoms with van der Waals surface area (Å²) in [4.78, 5) is 4.33. The van der Waals surface area contributed by atoms with E-state index in [-0.39, 0.29) is 6.10 Å². The third kappa shape index (κ3) is 2.78. The van der Waals surface area contributed by atoms with E-state index >= 15 is 0 Å². The quantitative estimate of drug-likeness (QED) is 0.715. The minimum Gasteiger partial charge on any atom is -0.393 e. The van der Waals surface area contributed by atoms with E-state index in [0.29, 0.717) is 5.92 Å². The summed E-state index contributed by atoms with van der Waals surface area (Å²) >= 11 is 0. The fourth-order valence-electron chi connectivity index (χ4n) is 2.36. The van der Waals surface area contributed by atoms with Crippen LogP contribution in [0.2, 0.25) is 0 Å².